The molecule has 0 aromatic rings. The predicted octanol–water partition coefficient (Wildman–Crippen LogP) is 5.15. The minimum Gasteiger partial charge on any atom is -0.317 e. The standard InChI is InChI=1S/C18H35N/c1-3-16-12-8-9-13-17(16)18(19-2)14-15-10-6-4-5-7-11-15/h15-19H,3-14H2,1-2H3. The molecule has 0 saturated heterocycles. The highest BCUT2D eigenvalue weighted by Crippen LogP contribution is 2.37. The molecule has 0 aromatic carbocycles. The molecule has 0 spiro atoms. The molecule has 0 bridgehead atoms. The van der Waals surface area contributed by atoms with Crippen LogP contribution in [0, 0.1) is 17.8 Å². The molecule has 2 aliphatic rings. The van der Waals surface area contributed by atoms with Crippen LogP contribution in [0.15, 0.2) is 0 Å². The Bertz CT molecular complexity index is 230. The molecule has 1 nitrogen and oxygen atoms in total. The summed E-state index contributed by atoms with van der Waals surface area (Å²) in [5.74, 6) is 2.98. The molecule has 19 heavy (non-hydrogen) atoms. The molecule has 0 amide bonds. The number of rotatable bonds is 5. The van der Waals surface area contributed by atoms with Gasteiger partial charge in [-0.3, -0.25) is 0 Å². The van der Waals surface area contributed by atoms with Gasteiger partial charge in [-0.05, 0) is 37.6 Å². The number of hydrogen-bond donors (Lipinski definition) is 1. The second kappa shape index (κ2) is 8.29. The third-order valence-electron chi connectivity index (χ3n) is 5.94. The predicted molar refractivity (Wildman–Crippen MR) is 84.4 cm³/mol. The molecule has 112 valence electrons. The third-order valence-corrected chi connectivity index (χ3v) is 5.94. The summed E-state index contributed by atoms with van der Waals surface area (Å²) < 4.78 is 0. The maximum atomic E-state index is 3.70. The fourth-order valence-corrected chi connectivity index (χ4v) is 4.74. The van der Waals surface area contributed by atoms with Gasteiger partial charge in [0.25, 0.3) is 0 Å². The van der Waals surface area contributed by atoms with Crippen molar-refractivity contribution in [2.45, 2.75) is 90.0 Å². The molecule has 1 heteroatoms. The van der Waals surface area contributed by atoms with Crippen LogP contribution in [0.25, 0.3) is 0 Å². The Kier molecular flexibility index (Phi) is 6.70. The quantitative estimate of drug-likeness (QED) is 0.678. The van der Waals surface area contributed by atoms with Gasteiger partial charge in [-0.2, -0.15) is 0 Å². The summed E-state index contributed by atoms with van der Waals surface area (Å²) in [5, 5.41) is 3.70. The van der Waals surface area contributed by atoms with Gasteiger partial charge < -0.3 is 5.32 Å². The summed E-state index contributed by atoms with van der Waals surface area (Å²) in [6.45, 7) is 2.40. The maximum Gasteiger partial charge on any atom is 0.00976 e. The van der Waals surface area contributed by atoms with Crippen LogP contribution in [0.5, 0.6) is 0 Å². The van der Waals surface area contributed by atoms with E-state index in [9.17, 15) is 0 Å². The van der Waals surface area contributed by atoms with Crippen molar-refractivity contribution in [1.82, 2.24) is 5.32 Å². The van der Waals surface area contributed by atoms with Gasteiger partial charge in [0.05, 0.1) is 0 Å². The molecule has 0 aromatic heterocycles. The highest BCUT2D eigenvalue weighted by atomic mass is 14.9. The van der Waals surface area contributed by atoms with E-state index in [1.165, 1.54) is 77.0 Å². The molecule has 0 radical (unpaired) electrons. The van der Waals surface area contributed by atoms with E-state index in [2.05, 4.69) is 19.3 Å². The highest BCUT2D eigenvalue weighted by Gasteiger charge is 2.31. The second-order valence-corrected chi connectivity index (χ2v) is 7.11. The van der Waals surface area contributed by atoms with Gasteiger partial charge in [-0.15, -0.1) is 0 Å². The Morgan fingerprint density at radius 3 is 2.16 bits per heavy atom. The molecular weight excluding hydrogens is 230 g/mol. The summed E-state index contributed by atoms with van der Waals surface area (Å²) in [6.07, 6.45) is 17.7. The molecule has 0 heterocycles. The van der Waals surface area contributed by atoms with Gasteiger partial charge in [0.1, 0.15) is 0 Å². The van der Waals surface area contributed by atoms with Crippen molar-refractivity contribution in [3.8, 4) is 0 Å². The lowest BCUT2D eigenvalue weighted by Crippen LogP contribution is -2.40. The van der Waals surface area contributed by atoms with E-state index in [4.69, 9.17) is 0 Å². The van der Waals surface area contributed by atoms with Crippen LogP contribution >= 0.6 is 0 Å². The molecule has 2 rings (SSSR count). The minimum atomic E-state index is 0.799. The Morgan fingerprint density at radius 2 is 1.53 bits per heavy atom. The van der Waals surface area contributed by atoms with Crippen LogP contribution in [-0.4, -0.2) is 13.1 Å². The molecule has 0 aliphatic heterocycles. The van der Waals surface area contributed by atoms with Crippen LogP contribution in [0.3, 0.4) is 0 Å². The van der Waals surface area contributed by atoms with E-state index < -0.39 is 0 Å². The minimum absolute atomic E-state index is 0.799. The Balaban J connectivity index is 1.89. The zero-order chi connectivity index (χ0) is 13.5. The monoisotopic (exact) mass is 265 g/mol. The van der Waals surface area contributed by atoms with Crippen LogP contribution in [0.2, 0.25) is 0 Å². The summed E-state index contributed by atoms with van der Waals surface area (Å²) in [4.78, 5) is 0. The molecule has 3 unspecified atom stereocenters. The molecule has 3 atom stereocenters. The average molecular weight is 265 g/mol. The lowest BCUT2D eigenvalue weighted by Gasteiger charge is -2.38. The second-order valence-electron chi connectivity index (χ2n) is 7.11. The summed E-state index contributed by atoms with van der Waals surface area (Å²) in [6, 6.07) is 0.799. The average Bonchev–Trinajstić information content (AvgIpc) is 2.73. The van der Waals surface area contributed by atoms with E-state index in [1.54, 1.807) is 0 Å². The lowest BCUT2D eigenvalue weighted by atomic mass is 9.71. The highest BCUT2D eigenvalue weighted by molar-refractivity contribution is 4.85. The van der Waals surface area contributed by atoms with Crippen molar-refractivity contribution in [3.63, 3.8) is 0 Å². The molecular formula is C18H35N. The summed E-state index contributed by atoms with van der Waals surface area (Å²) in [5.41, 5.74) is 0. The first-order chi connectivity index (χ1) is 9.35. The van der Waals surface area contributed by atoms with Gasteiger partial charge in [0.2, 0.25) is 0 Å². The molecule has 2 saturated carbocycles. The fraction of sp³-hybridized carbons (Fsp3) is 1.00. The van der Waals surface area contributed by atoms with Crippen LogP contribution in [0.1, 0.15) is 84.0 Å². The van der Waals surface area contributed by atoms with E-state index in [-0.39, 0.29) is 0 Å². The van der Waals surface area contributed by atoms with E-state index >= 15 is 0 Å². The topological polar surface area (TPSA) is 12.0 Å². The van der Waals surface area contributed by atoms with Crippen molar-refractivity contribution in [3.05, 3.63) is 0 Å². The van der Waals surface area contributed by atoms with E-state index in [0.717, 1.165) is 23.8 Å². The third kappa shape index (κ3) is 4.48. The van der Waals surface area contributed by atoms with Gasteiger partial charge >= 0.3 is 0 Å². The van der Waals surface area contributed by atoms with Gasteiger partial charge in [0.15, 0.2) is 0 Å². The van der Waals surface area contributed by atoms with Crippen molar-refractivity contribution in [1.29, 1.82) is 0 Å². The Morgan fingerprint density at radius 1 is 0.895 bits per heavy atom. The van der Waals surface area contributed by atoms with Gasteiger partial charge in [0, 0.05) is 6.04 Å². The Hall–Kier alpha value is -0.0400. The SMILES string of the molecule is CCC1CCCCC1C(CC1CCCCCC1)NC. The Labute approximate surface area is 120 Å². The van der Waals surface area contributed by atoms with Gasteiger partial charge in [-0.25, -0.2) is 0 Å². The first kappa shape index (κ1) is 15.4. The van der Waals surface area contributed by atoms with Crippen LogP contribution < -0.4 is 5.32 Å². The van der Waals surface area contributed by atoms with Crippen molar-refractivity contribution < 1.29 is 0 Å². The lowest BCUT2D eigenvalue weighted by molar-refractivity contribution is 0.158. The zero-order valence-electron chi connectivity index (χ0n) is 13.3. The van der Waals surface area contributed by atoms with Gasteiger partial charge in [-0.1, -0.05) is 71.1 Å². The maximum absolute atomic E-state index is 3.70. The van der Waals surface area contributed by atoms with Crippen molar-refractivity contribution in [2.24, 2.45) is 17.8 Å². The van der Waals surface area contributed by atoms with Crippen molar-refractivity contribution in [2.75, 3.05) is 7.05 Å². The molecule has 2 aliphatic carbocycles. The summed E-state index contributed by atoms with van der Waals surface area (Å²) >= 11 is 0. The number of hydrogen-bond acceptors (Lipinski definition) is 1. The van der Waals surface area contributed by atoms with E-state index in [0.29, 0.717) is 0 Å². The molecule has 2 fully saturated rings. The van der Waals surface area contributed by atoms with Crippen molar-refractivity contribution >= 4 is 0 Å². The first-order valence-corrected chi connectivity index (χ1v) is 9.02. The largest absolute Gasteiger partial charge is 0.317 e. The first-order valence-electron chi connectivity index (χ1n) is 9.02. The van der Waals surface area contributed by atoms with Crippen LogP contribution in [-0.2, 0) is 0 Å². The summed E-state index contributed by atoms with van der Waals surface area (Å²) in [7, 11) is 2.21. The number of nitrogens with one attached hydrogen (secondary N) is 1. The zero-order valence-corrected chi connectivity index (χ0v) is 13.3. The van der Waals surface area contributed by atoms with Crippen LogP contribution in [0.4, 0.5) is 0 Å². The molecule has 1 N–H and O–H groups in total. The fourth-order valence-electron chi connectivity index (χ4n) is 4.74. The van der Waals surface area contributed by atoms with E-state index in [1.807, 2.05) is 0 Å². The normalized spacial score (nSPS) is 31.9. The smallest absolute Gasteiger partial charge is 0.00976 e.